The first-order valence-corrected chi connectivity index (χ1v) is 4.96. The number of rotatable bonds is 3. The molecule has 0 aromatic heterocycles. The van der Waals surface area contributed by atoms with Gasteiger partial charge in [0.1, 0.15) is 5.82 Å². The Morgan fingerprint density at radius 3 is 2.19 bits per heavy atom. The molecule has 1 aromatic rings. The lowest BCUT2D eigenvalue weighted by atomic mass is 10.0. The third-order valence-electron chi connectivity index (χ3n) is 2.59. The van der Waals surface area contributed by atoms with Crippen molar-refractivity contribution in [1.82, 2.24) is 4.90 Å². The topological polar surface area (TPSA) is 37.4 Å². The fourth-order valence-corrected chi connectivity index (χ4v) is 1.30. The molecule has 1 aromatic carbocycles. The number of nitrogens with zero attached hydrogens (tertiary/aromatic N) is 1. The van der Waals surface area contributed by atoms with E-state index in [9.17, 15) is 14.0 Å². The lowest BCUT2D eigenvalue weighted by molar-refractivity contribution is -0.128. The molecule has 1 amide bonds. The molecule has 3 nitrogen and oxygen atoms in total. The molecule has 0 bridgehead atoms. The normalized spacial score (nSPS) is 12.0. The number of hydrogen-bond acceptors (Lipinski definition) is 2. The molecule has 0 aliphatic heterocycles. The van der Waals surface area contributed by atoms with Gasteiger partial charge in [-0.3, -0.25) is 9.59 Å². The predicted octanol–water partition coefficient (Wildman–Crippen LogP) is 1.88. The molecule has 0 heterocycles. The van der Waals surface area contributed by atoms with E-state index in [2.05, 4.69) is 0 Å². The first-order valence-electron chi connectivity index (χ1n) is 4.96. The lowest BCUT2D eigenvalue weighted by Crippen LogP contribution is -2.39. The van der Waals surface area contributed by atoms with Crippen molar-refractivity contribution in [3.05, 3.63) is 35.6 Å². The molecule has 0 N–H and O–H groups in total. The van der Waals surface area contributed by atoms with Crippen LogP contribution in [0.4, 0.5) is 4.39 Å². The summed E-state index contributed by atoms with van der Waals surface area (Å²) < 4.78 is 12.7. The van der Waals surface area contributed by atoms with Gasteiger partial charge in [-0.05, 0) is 31.2 Å². The Labute approximate surface area is 93.9 Å². The van der Waals surface area contributed by atoms with Crippen LogP contribution in [0.3, 0.4) is 0 Å². The Morgan fingerprint density at radius 1 is 1.25 bits per heavy atom. The van der Waals surface area contributed by atoms with E-state index >= 15 is 0 Å². The van der Waals surface area contributed by atoms with Gasteiger partial charge >= 0.3 is 0 Å². The highest BCUT2D eigenvalue weighted by Gasteiger charge is 2.21. The van der Waals surface area contributed by atoms with Crippen LogP contribution in [0, 0.1) is 5.82 Å². The van der Waals surface area contributed by atoms with Crippen molar-refractivity contribution in [2.24, 2.45) is 0 Å². The van der Waals surface area contributed by atoms with Crippen molar-refractivity contribution in [2.45, 2.75) is 19.9 Å². The molecule has 0 aliphatic carbocycles. The minimum atomic E-state index is -0.539. The highest BCUT2D eigenvalue weighted by atomic mass is 19.1. The van der Waals surface area contributed by atoms with Crippen LogP contribution >= 0.6 is 0 Å². The van der Waals surface area contributed by atoms with E-state index in [0.29, 0.717) is 5.56 Å². The summed E-state index contributed by atoms with van der Waals surface area (Å²) in [5, 5.41) is 0. The zero-order chi connectivity index (χ0) is 12.3. The van der Waals surface area contributed by atoms with Gasteiger partial charge in [0.25, 0.3) is 0 Å². The Morgan fingerprint density at radius 2 is 1.75 bits per heavy atom. The Bertz CT molecular complexity index is 400. The van der Waals surface area contributed by atoms with E-state index in [-0.39, 0.29) is 17.5 Å². The van der Waals surface area contributed by atoms with Crippen molar-refractivity contribution in [3.63, 3.8) is 0 Å². The molecule has 0 fully saturated rings. The number of ketones is 1. The predicted molar refractivity (Wildman–Crippen MR) is 58.6 cm³/mol. The number of carbonyl (C=O) groups is 2. The molecular weight excluding hydrogens is 209 g/mol. The van der Waals surface area contributed by atoms with Crippen molar-refractivity contribution < 1.29 is 14.0 Å². The second kappa shape index (κ2) is 4.88. The molecule has 1 rings (SSSR count). The van der Waals surface area contributed by atoms with Gasteiger partial charge in [0.15, 0.2) is 5.78 Å². The van der Waals surface area contributed by atoms with Crippen molar-refractivity contribution in [3.8, 4) is 0 Å². The van der Waals surface area contributed by atoms with Crippen LogP contribution in [-0.4, -0.2) is 29.7 Å². The van der Waals surface area contributed by atoms with Gasteiger partial charge in [0.05, 0.1) is 6.04 Å². The van der Waals surface area contributed by atoms with Gasteiger partial charge in [0.2, 0.25) is 5.91 Å². The number of benzene rings is 1. The monoisotopic (exact) mass is 223 g/mol. The average molecular weight is 223 g/mol. The van der Waals surface area contributed by atoms with Crippen molar-refractivity contribution >= 4 is 11.7 Å². The van der Waals surface area contributed by atoms with Crippen LogP contribution in [0.2, 0.25) is 0 Å². The summed E-state index contributed by atoms with van der Waals surface area (Å²) in [5.74, 6) is -0.759. The molecule has 4 heteroatoms. The van der Waals surface area contributed by atoms with Gasteiger partial charge in [-0.15, -0.1) is 0 Å². The summed E-state index contributed by atoms with van der Waals surface area (Å²) >= 11 is 0. The Balaban J connectivity index is 2.86. The quantitative estimate of drug-likeness (QED) is 0.734. The Hall–Kier alpha value is -1.71. The molecule has 1 unspecified atom stereocenters. The second-order valence-corrected chi connectivity index (χ2v) is 3.68. The first-order chi connectivity index (χ1) is 7.43. The van der Waals surface area contributed by atoms with Crippen molar-refractivity contribution in [1.29, 1.82) is 0 Å². The second-order valence-electron chi connectivity index (χ2n) is 3.68. The molecule has 86 valence electrons. The number of Topliss-reactive ketones (excluding diaryl/α,β-unsaturated/α-hetero) is 1. The summed E-state index contributed by atoms with van der Waals surface area (Å²) in [4.78, 5) is 24.3. The summed E-state index contributed by atoms with van der Waals surface area (Å²) in [6.07, 6.45) is 0. The average Bonchev–Trinajstić information content (AvgIpc) is 2.27. The highest BCUT2D eigenvalue weighted by Crippen LogP contribution is 2.09. The minimum Gasteiger partial charge on any atom is -0.336 e. The molecule has 1 atom stereocenters. The molecule has 16 heavy (non-hydrogen) atoms. The van der Waals surface area contributed by atoms with E-state index in [4.69, 9.17) is 0 Å². The number of likely N-dealkylation sites (N-methyl/N-ethyl adjacent to an activating group) is 1. The van der Waals surface area contributed by atoms with Crippen LogP contribution in [0.5, 0.6) is 0 Å². The standard InChI is InChI=1S/C12H14FNO2/c1-8(14(3)9(2)15)12(16)10-4-6-11(13)7-5-10/h4-8H,1-3H3. The van der Waals surface area contributed by atoms with Gasteiger partial charge in [-0.1, -0.05) is 0 Å². The summed E-state index contributed by atoms with van der Waals surface area (Å²) in [7, 11) is 1.56. The number of carbonyl (C=O) groups excluding carboxylic acids is 2. The van der Waals surface area contributed by atoms with E-state index in [0.717, 1.165) is 0 Å². The number of amides is 1. The van der Waals surface area contributed by atoms with E-state index < -0.39 is 6.04 Å². The third kappa shape index (κ3) is 2.66. The smallest absolute Gasteiger partial charge is 0.219 e. The molecule has 0 aliphatic rings. The van der Waals surface area contributed by atoms with Crippen LogP contribution in [0.15, 0.2) is 24.3 Å². The summed E-state index contributed by atoms with van der Waals surface area (Å²) in [6.45, 7) is 3.04. The summed E-state index contributed by atoms with van der Waals surface area (Å²) in [6, 6.07) is 4.76. The van der Waals surface area contributed by atoms with Crippen molar-refractivity contribution in [2.75, 3.05) is 7.05 Å². The van der Waals surface area contributed by atoms with E-state index in [1.54, 1.807) is 14.0 Å². The van der Waals surface area contributed by atoms with Crippen LogP contribution in [-0.2, 0) is 4.79 Å². The molecular formula is C12H14FNO2. The van der Waals surface area contributed by atoms with Gasteiger partial charge in [-0.25, -0.2) is 4.39 Å². The van der Waals surface area contributed by atoms with Gasteiger partial charge in [0, 0.05) is 19.5 Å². The molecule has 0 saturated heterocycles. The fraction of sp³-hybridized carbons (Fsp3) is 0.333. The number of hydrogen-bond donors (Lipinski definition) is 0. The van der Waals surface area contributed by atoms with Crippen LogP contribution in [0.25, 0.3) is 0 Å². The van der Waals surface area contributed by atoms with Crippen LogP contribution in [0.1, 0.15) is 24.2 Å². The number of halogens is 1. The van der Waals surface area contributed by atoms with E-state index in [1.165, 1.54) is 36.1 Å². The summed E-state index contributed by atoms with van der Waals surface area (Å²) in [5.41, 5.74) is 0.405. The van der Waals surface area contributed by atoms with Crippen LogP contribution < -0.4 is 0 Å². The molecule has 0 spiro atoms. The lowest BCUT2D eigenvalue weighted by Gasteiger charge is -2.22. The third-order valence-corrected chi connectivity index (χ3v) is 2.59. The largest absolute Gasteiger partial charge is 0.336 e. The molecule has 0 radical (unpaired) electrons. The fourth-order valence-electron chi connectivity index (χ4n) is 1.30. The highest BCUT2D eigenvalue weighted by molar-refractivity contribution is 6.01. The van der Waals surface area contributed by atoms with Gasteiger partial charge in [-0.2, -0.15) is 0 Å². The zero-order valence-corrected chi connectivity index (χ0v) is 9.53. The van der Waals surface area contributed by atoms with E-state index in [1.807, 2.05) is 0 Å². The Kier molecular flexibility index (Phi) is 3.77. The van der Waals surface area contributed by atoms with Gasteiger partial charge < -0.3 is 4.90 Å². The first kappa shape index (κ1) is 12.4. The minimum absolute atomic E-state index is 0.178. The molecule has 0 saturated carbocycles. The zero-order valence-electron chi connectivity index (χ0n) is 9.53. The SMILES string of the molecule is CC(=O)N(C)C(C)C(=O)c1ccc(F)cc1. The maximum absolute atomic E-state index is 12.7. The maximum Gasteiger partial charge on any atom is 0.219 e. The maximum atomic E-state index is 12.7.